The van der Waals surface area contributed by atoms with Gasteiger partial charge in [0.05, 0.1) is 13.5 Å². The zero-order valence-corrected chi connectivity index (χ0v) is 25.6. The molecule has 2 aromatic rings. The third kappa shape index (κ3) is 5.42. The number of carbonyl (C=O) groups excluding carboxylic acids is 4. The molecule has 1 aromatic carbocycles. The molecule has 4 aliphatic carbocycles. The van der Waals surface area contributed by atoms with Crippen LogP contribution in [0.4, 0.5) is 0 Å². The van der Waals surface area contributed by atoms with Gasteiger partial charge in [0, 0.05) is 41.8 Å². The summed E-state index contributed by atoms with van der Waals surface area (Å²) in [5, 5.41) is 3.76. The lowest BCUT2D eigenvalue weighted by Crippen LogP contribution is -2.51. The minimum atomic E-state index is -0.854. The number of aromatic nitrogens is 1. The Balaban J connectivity index is 1.04. The van der Waals surface area contributed by atoms with Crippen LogP contribution in [0.3, 0.4) is 0 Å². The van der Waals surface area contributed by atoms with E-state index in [9.17, 15) is 19.2 Å². The first-order valence-electron chi connectivity index (χ1n) is 16.0. The van der Waals surface area contributed by atoms with Crippen LogP contribution in [0.1, 0.15) is 83.6 Å². The Labute approximate surface area is 253 Å². The molecule has 0 unspecified atom stereocenters. The molecule has 0 bridgehead atoms. The maximum absolute atomic E-state index is 13.0. The minimum absolute atomic E-state index is 0.0314. The van der Waals surface area contributed by atoms with Gasteiger partial charge in [-0.2, -0.15) is 0 Å². The highest BCUT2D eigenvalue weighted by atomic mass is 16.5. The molecule has 1 aromatic heterocycles. The molecule has 1 heterocycles. The highest BCUT2D eigenvalue weighted by Gasteiger charge is 2.60. The average Bonchev–Trinajstić information content (AvgIpc) is 3.56. The van der Waals surface area contributed by atoms with Crippen molar-refractivity contribution in [3.8, 4) is 0 Å². The molecule has 1 amide bonds. The molecule has 8 nitrogen and oxygen atoms in total. The van der Waals surface area contributed by atoms with Crippen LogP contribution in [-0.2, 0) is 35.1 Å². The first-order valence-corrected chi connectivity index (χ1v) is 16.0. The van der Waals surface area contributed by atoms with Gasteiger partial charge in [-0.15, -0.1) is 0 Å². The van der Waals surface area contributed by atoms with E-state index in [1.807, 2.05) is 36.5 Å². The zero-order chi connectivity index (χ0) is 30.4. The fourth-order valence-corrected chi connectivity index (χ4v) is 9.26. The number of ether oxygens (including phenoxy) is 2. The van der Waals surface area contributed by atoms with Crippen LogP contribution in [0, 0.1) is 28.6 Å². The van der Waals surface area contributed by atoms with Crippen molar-refractivity contribution in [1.82, 2.24) is 10.3 Å². The normalized spacial score (nSPS) is 32.2. The van der Waals surface area contributed by atoms with E-state index >= 15 is 0 Å². The van der Waals surface area contributed by atoms with Crippen molar-refractivity contribution < 1.29 is 28.7 Å². The molecule has 3 fully saturated rings. The van der Waals surface area contributed by atoms with Crippen LogP contribution in [0.2, 0.25) is 0 Å². The first kappa shape index (κ1) is 29.6. The fraction of sp³-hybridized carbons (Fsp3) is 0.600. The predicted octanol–water partition coefficient (Wildman–Crippen LogP) is 5.59. The average molecular weight is 589 g/mol. The Morgan fingerprint density at radius 3 is 2.65 bits per heavy atom. The van der Waals surface area contributed by atoms with Gasteiger partial charge in [-0.05, 0) is 85.8 Å². The number of carbonyl (C=O) groups is 4. The molecule has 0 spiro atoms. The summed E-state index contributed by atoms with van der Waals surface area (Å²) < 4.78 is 11.1. The number of para-hydroxylation sites is 1. The van der Waals surface area contributed by atoms with E-state index in [2.05, 4.69) is 24.1 Å². The van der Waals surface area contributed by atoms with E-state index in [1.54, 1.807) is 0 Å². The summed E-state index contributed by atoms with van der Waals surface area (Å²) in [6.45, 7) is 4.68. The number of methoxy groups -OCH3 is 1. The third-order valence-corrected chi connectivity index (χ3v) is 11.6. The Morgan fingerprint density at radius 2 is 1.84 bits per heavy atom. The van der Waals surface area contributed by atoms with Gasteiger partial charge in [0.2, 0.25) is 5.91 Å². The quantitative estimate of drug-likeness (QED) is 0.389. The number of aromatic amines is 1. The predicted molar refractivity (Wildman–Crippen MR) is 162 cm³/mol. The summed E-state index contributed by atoms with van der Waals surface area (Å²) in [5.41, 5.74) is 3.29. The summed E-state index contributed by atoms with van der Waals surface area (Å²) in [7, 11) is 1.30. The summed E-state index contributed by atoms with van der Waals surface area (Å²) in [4.78, 5) is 53.7. The minimum Gasteiger partial charge on any atom is -0.467 e. The summed E-state index contributed by atoms with van der Waals surface area (Å²) >= 11 is 0. The number of nitrogens with one attached hydrogen (secondary N) is 2. The highest BCUT2D eigenvalue weighted by Crippen LogP contribution is 2.65. The van der Waals surface area contributed by atoms with E-state index in [0.717, 1.165) is 61.4 Å². The number of H-pyrrole nitrogens is 1. The number of hydrogen-bond acceptors (Lipinski definition) is 6. The summed E-state index contributed by atoms with van der Waals surface area (Å²) in [6.07, 6.45) is 11.6. The summed E-state index contributed by atoms with van der Waals surface area (Å²) in [6, 6.07) is 6.93. The SMILES string of the molecule is COC(=O)[C@@H](Cc1c[nH]c2ccccc12)NC(=O)CCC(=O)O[C@@H]1CC[C@H]2[C@@H]3CCC4=CC(=O)CC[C@]4(C)[C@H]3CC[C@]12C. The number of benzene rings is 1. The van der Waals surface area contributed by atoms with Gasteiger partial charge in [-0.25, -0.2) is 4.79 Å². The molecule has 0 saturated heterocycles. The largest absolute Gasteiger partial charge is 0.467 e. The van der Waals surface area contributed by atoms with Gasteiger partial charge in [-0.1, -0.05) is 37.6 Å². The molecule has 2 N–H and O–H groups in total. The number of hydrogen-bond donors (Lipinski definition) is 2. The van der Waals surface area contributed by atoms with Crippen molar-refractivity contribution in [2.45, 2.75) is 96.6 Å². The maximum Gasteiger partial charge on any atom is 0.328 e. The van der Waals surface area contributed by atoms with E-state index in [-0.39, 0.29) is 53.9 Å². The number of ketones is 1. The Bertz CT molecular complexity index is 1460. The second-order valence-corrected chi connectivity index (χ2v) is 13.8. The van der Waals surface area contributed by atoms with Crippen molar-refractivity contribution >= 4 is 34.5 Å². The molecule has 4 aliphatic rings. The highest BCUT2D eigenvalue weighted by molar-refractivity contribution is 5.91. The third-order valence-electron chi connectivity index (χ3n) is 11.6. The van der Waals surface area contributed by atoms with Gasteiger partial charge in [0.1, 0.15) is 12.1 Å². The van der Waals surface area contributed by atoms with Crippen LogP contribution in [0.25, 0.3) is 10.9 Å². The molecule has 7 atom stereocenters. The van der Waals surface area contributed by atoms with Crippen LogP contribution in [0.15, 0.2) is 42.1 Å². The number of amides is 1. The molecule has 3 saturated carbocycles. The zero-order valence-electron chi connectivity index (χ0n) is 25.6. The Hall–Kier alpha value is -3.42. The Morgan fingerprint density at radius 1 is 1.02 bits per heavy atom. The second-order valence-electron chi connectivity index (χ2n) is 13.8. The van der Waals surface area contributed by atoms with Crippen LogP contribution in [0.5, 0.6) is 0 Å². The topological polar surface area (TPSA) is 115 Å². The van der Waals surface area contributed by atoms with Crippen LogP contribution < -0.4 is 5.32 Å². The molecule has 230 valence electrons. The molecule has 8 heteroatoms. The Kier molecular flexibility index (Phi) is 7.99. The summed E-state index contributed by atoms with van der Waals surface area (Å²) in [5.74, 6) is 0.702. The van der Waals surface area contributed by atoms with Crippen LogP contribution in [-0.4, -0.2) is 47.9 Å². The van der Waals surface area contributed by atoms with Gasteiger partial charge in [0.15, 0.2) is 5.78 Å². The molecule has 0 aliphatic heterocycles. The molecule has 43 heavy (non-hydrogen) atoms. The van der Waals surface area contributed by atoms with E-state index in [1.165, 1.54) is 12.7 Å². The smallest absolute Gasteiger partial charge is 0.328 e. The monoisotopic (exact) mass is 588 g/mol. The molecular formula is C35H44N2O6. The van der Waals surface area contributed by atoms with Gasteiger partial charge >= 0.3 is 11.9 Å². The van der Waals surface area contributed by atoms with Crippen molar-refractivity contribution in [1.29, 1.82) is 0 Å². The fourth-order valence-electron chi connectivity index (χ4n) is 9.26. The number of allylic oxidation sites excluding steroid dienone is 1. The number of esters is 2. The van der Waals surface area contributed by atoms with Gasteiger partial charge in [0.25, 0.3) is 0 Å². The van der Waals surface area contributed by atoms with E-state index in [0.29, 0.717) is 24.2 Å². The first-order chi connectivity index (χ1) is 20.6. The molecule has 0 radical (unpaired) electrons. The molecule has 6 rings (SSSR count). The maximum atomic E-state index is 13.0. The van der Waals surface area contributed by atoms with Crippen molar-refractivity contribution in [2.24, 2.45) is 28.6 Å². The van der Waals surface area contributed by atoms with Crippen molar-refractivity contribution in [3.63, 3.8) is 0 Å². The molecular weight excluding hydrogens is 544 g/mol. The van der Waals surface area contributed by atoms with E-state index in [4.69, 9.17) is 9.47 Å². The standard InChI is InChI=1S/C35H44N2O6/c1-34-16-14-23(38)19-22(34)8-9-25-26-10-11-30(35(26,2)17-15-27(25)34)43-32(40)13-12-31(39)37-29(33(41)42-3)18-21-20-36-28-7-5-4-6-24(21)28/h4-7,19-20,25-27,29-30,36H,8-18H2,1-3H3,(H,37,39)/t25-,26-,27-,29+,30+,34-,35-/m0/s1. The van der Waals surface area contributed by atoms with Gasteiger partial charge in [-0.3, -0.25) is 14.4 Å². The lowest BCUT2D eigenvalue weighted by molar-refractivity contribution is -0.160. The second kappa shape index (κ2) is 11.6. The van der Waals surface area contributed by atoms with Gasteiger partial charge < -0.3 is 19.8 Å². The lowest BCUT2D eigenvalue weighted by atomic mass is 9.47. The lowest BCUT2D eigenvalue weighted by Gasteiger charge is -2.57. The van der Waals surface area contributed by atoms with Crippen LogP contribution >= 0.6 is 0 Å². The number of fused-ring (bicyclic) bond motifs is 6. The van der Waals surface area contributed by atoms with Crippen molar-refractivity contribution in [3.05, 3.63) is 47.7 Å². The number of rotatable bonds is 8. The van der Waals surface area contributed by atoms with E-state index < -0.39 is 12.0 Å². The van der Waals surface area contributed by atoms with Crippen molar-refractivity contribution in [2.75, 3.05) is 7.11 Å².